The molecule has 86 valence electrons. The van der Waals surface area contributed by atoms with Crippen molar-refractivity contribution < 1.29 is 4.74 Å². The van der Waals surface area contributed by atoms with E-state index in [-0.39, 0.29) is 7.43 Å². The van der Waals surface area contributed by atoms with Crippen LogP contribution in [0.2, 0.25) is 0 Å². The van der Waals surface area contributed by atoms with Crippen LogP contribution < -0.4 is 4.74 Å². The molecule has 0 bridgehead atoms. The third-order valence-electron chi connectivity index (χ3n) is 2.42. The third kappa shape index (κ3) is 4.87. The first-order valence-corrected chi connectivity index (χ1v) is 5.36. The third-order valence-corrected chi connectivity index (χ3v) is 2.42. The van der Waals surface area contributed by atoms with Crippen molar-refractivity contribution in [2.24, 2.45) is 5.92 Å². The van der Waals surface area contributed by atoms with E-state index < -0.39 is 0 Å². The molecule has 0 amide bonds. The van der Waals surface area contributed by atoms with Crippen molar-refractivity contribution in [2.75, 3.05) is 7.11 Å². The van der Waals surface area contributed by atoms with Crippen LogP contribution in [0.1, 0.15) is 39.7 Å². The molecule has 0 aliphatic carbocycles. The maximum Gasteiger partial charge on any atom is 0.122 e. The Morgan fingerprint density at radius 2 is 1.87 bits per heavy atom. The Hall–Kier alpha value is -0.980. The van der Waals surface area contributed by atoms with E-state index in [1.807, 2.05) is 12.1 Å². The van der Waals surface area contributed by atoms with E-state index in [0.29, 0.717) is 0 Å². The monoisotopic (exact) mass is 208 g/mol. The van der Waals surface area contributed by atoms with Crippen LogP contribution in [0.25, 0.3) is 0 Å². The summed E-state index contributed by atoms with van der Waals surface area (Å²) >= 11 is 0. The fraction of sp³-hybridized carbons (Fsp3) is 0.571. The maximum absolute atomic E-state index is 5.30. The number of hydrogen-bond donors (Lipinski definition) is 0. The highest BCUT2D eigenvalue weighted by atomic mass is 16.5. The van der Waals surface area contributed by atoms with Crippen LogP contribution in [0.5, 0.6) is 5.75 Å². The zero-order valence-corrected chi connectivity index (χ0v) is 9.42. The minimum atomic E-state index is 0. The van der Waals surface area contributed by atoms with Crippen molar-refractivity contribution >= 4 is 0 Å². The van der Waals surface area contributed by atoms with E-state index in [1.165, 1.54) is 18.4 Å². The molecule has 0 radical (unpaired) electrons. The molecule has 0 heterocycles. The van der Waals surface area contributed by atoms with E-state index >= 15 is 0 Å². The summed E-state index contributed by atoms with van der Waals surface area (Å²) in [5.41, 5.74) is 1.33. The molecule has 15 heavy (non-hydrogen) atoms. The number of rotatable bonds is 5. The van der Waals surface area contributed by atoms with Crippen LogP contribution in [0, 0.1) is 5.92 Å². The second kappa shape index (κ2) is 7.33. The summed E-state index contributed by atoms with van der Waals surface area (Å²) in [7, 11) is 1.74. The van der Waals surface area contributed by atoms with E-state index in [9.17, 15) is 0 Å². The van der Waals surface area contributed by atoms with Crippen molar-refractivity contribution in [1.29, 1.82) is 0 Å². The molecule has 0 saturated heterocycles. The second-order valence-electron chi connectivity index (χ2n) is 4.10. The summed E-state index contributed by atoms with van der Waals surface area (Å²) in [6.07, 6.45) is 3.66. The van der Waals surface area contributed by atoms with Crippen LogP contribution in [0.4, 0.5) is 0 Å². The first-order valence-electron chi connectivity index (χ1n) is 5.36. The molecule has 1 rings (SSSR count). The molecule has 1 nitrogen and oxygen atoms in total. The van der Waals surface area contributed by atoms with Gasteiger partial charge >= 0.3 is 0 Å². The number of ether oxygens (including phenoxy) is 1. The van der Waals surface area contributed by atoms with Crippen molar-refractivity contribution in [3.8, 4) is 5.75 Å². The Morgan fingerprint density at radius 1 is 1.20 bits per heavy atom. The van der Waals surface area contributed by atoms with E-state index in [0.717, 1.165) is 18.1 Å². The van der Waals surface area contributed by atoms with Gasteiger partial charge in [-0.2, -0.15) is 0 Å². The molecule has 1 aromatic rings. The van der Waals surface area contributed by atoms with Gasteiger partial charge in [-0.3, -0.25) is 0 Å². The Labute approximate surface area is 94.5 Å². The fourth-order valence-corrected chi connectivity index (χ4v) is 1.61. The Morgan fingerprint density at radius 3 is 2.47 bits per heavy atom. The van der Waals surface area contributed by atoms with Crippen LogP contribution >= 0.6 is 0 Å². The molecule has 0 fully saturated rings. The second-order valence-corrected chi connectivity index (χ2v) is 4.10. The quantitative estimate of drug-likeness (QED) is 0.700. The van der Waals surface area contributed by atoms with E-state index in [2.05, 4.69) is 26.0 Å². The number of benzene rings is 1. The summed E-state index contributed by atoms with van der Waals surface area (Å²) in [6, 6.07) is 8.28. The molecular weight excluding hydrogens is 184 g/mol. The van der Waals surface area contributed by atoms with E-state index in [4.69, 9.17) is 4.74 Å². The number of aryl methyl sites for hydroxylation is 1. The van der Waals surface area contributed by atoms with Gasteiger partial charge in [0.1, 0.15) is 5.75 Å². The molecule has 0 aliphatic rings. The largest absolute Gasteiger partial charge is 0.496 e. The van der Waals surface area contributed by atoms with Gasteiger partial charge in [-0.1, -0.05) is 45.9 Å². The SMILES string of the molecule is C.COc1ccccc1CCCC(C)C. The van der Waals surface area contributed by atoms with Gasteiger partial charge in [0.05, 0.1) is 7.11 Å². The van der Waals surface area contributed by atoms with Crippen LogP contribution in [-0.4, -0.2) is 7.11 Å². The predicted octanol–water partition coefficient (Wildman–Crippen LogP) is 4.31. The summed E-state index contributed by atoms with van der Waals surface area (Å²) in [6.45, 7) is 4.53. The molecule has 0 spiro atoms. The topological polar surface area (TPSA) is 9.23 Å². The van der Waals surface area contributed by atoms with Crippen molar-refractivity contribution in [2.45, 2.75) is 40.5 Å². The fourth-order valence-electron chi connectivity index (χ4n) is 1.61. The van der Waals surface area contributed by atoms with Gasteiger partial charge in [0.2, 0.25) is 0 Å². The van der Waals surface area contributed by atoms with Crippen molar-refractivity contribution in [3.05, 3.63) is 29.8 Å². The zero-order valence-electron chi connectivity index (χ0n) is 9.42. The normalized spacial score (nSPS) is 9.87. The average molecular weight is 208 g/mol. The van der Waals surface area contributed by atoms with Crippen molar-refractivity contribution in [3.63, 3.8) is 0 Å². The standard InChI is InChI=1S/C13H20O.CH4/c1-11(2)7-6-9-12-8-4-5-10-13(12)14-3;/h4-5,8,10-11H,6-7,9H2,1-3H3;1H4. The lowest BCUT2D eigenvalue weighted by Gasteiger charge is -2.08. The molecule has 0 saturated carbocycles. The lowest BCUT2D eigenvalue weighted by atomic mass is 10.0. The molecule has 0 N–H and O–H groups in total. The number of methoxy groups -OCH3 is 1. The lowest BCUT2D eigenvalue weighted by Crippen LogP contribution is -1.94. The highest BCUT2D eigenvalue weighted by Crippen LogP contribution is 2.20. The van der Waals surface area contributed by atoms with Gasteiger partial charge in [0, 0.05) is 0 Å². The van der Waals surface area contributed by atoms with Crippen LogP contribution in [-0.2, 0) is 6.42 Å². The van der Waals surface area contributed by atoms with Crippen molar-refractivity contribution in [1.82, 2.24) is 0 Å². The van der Waals surface area contributed by atoms with Gasteiger partial charge in [-0.15, -0.1) is 0 Å². The maximum atomic E-state index is 5.30. The Bertz CT molecular complexity index is 266. The molecule has 0 atom stereocenters. The highest BCUT2D eigenvalue weighted by Gasteiger charge is 2.01. The van der Waals surface area contributed by atoms with Gasteiger partial charge in [-0.05, 0) is 30.4 Å². The molecule has 1 aromatic carbocycles. The van der Waals surface area contributed by atoms with Crippen LogP contribution in [0.15, 0.2) is 24.3 Å². The molecular formula is C14H24O. The lowest BCUT2D eigenvalue weighted by molar-refractivity contribution is 0.408. The minimum absolute atomic E-state index is 0. The summed E-state index contributed by atoms with van der Waals surface area (Å²) in [5, 5.41) is 0. The van der Waals surface area contributed by atoms with Gasteiger partial charge in [0.25, 0.3) is 0 Å². The predicted molar refractivity (Wildman–Crippen MR) is 67.5 cm³/mol. The summed E-state index contributed by atoms with van der Waals surface area (Å²) in [5.74, 6) is 1.82. The first kappa shape index (κ1) is 14.0. The van der Waals surface area contributed by atoms with Crippen LogP contribution in [0.3, 0.4) is 0 Å². The molecule has 1 heteroatoms. The summed E-state index contributed by atoms with van der Waals surface area (Å²) < 4.78 is 5.30. The zero-order chi connectivity index (χ0) is 10.4. The highest BCUT2D eigenvalue weighted by molar-refractivity contribution is 5.33. The number of para-hydroxylation sites is 1. The van der Waals surface area contributed by atoms with Gasteiger partial charge in [0.15, 0.2) is 0 Å². The Kier molecular flexibility index (Phi) is 6.85. The average Bonchev–Trinajstić information content (AvgIpc) is 2.18. The van der Waals surface area contributed by atoms with Gasteiger partial charge in [-0.25, -0.2) is 0 Å². The molecule has 0 aliphatic heterocycles. The smallest absolute Gasteiger partial charge is 0.122 e. The van der Waals surface area contributed by atoms with Gasteiger partial charge < -0.3 is 4.74 Å². The first-order chi connectivity index (χ1) is 6.74. The Balaban J connectivity index is 0.00000196. The molecule has 0 unspecified atom stereocenters. The van der Waals surface area contributed by atoms with E-state index in [1.54, 1.807) is 7.11 Å². The number of hydrogen-bond acceptors (Lipinski definition) is 1. The minimum Gasteiger partial charge on any atom is -0.496 e. The summed E-state index contributed by atoms with van der Waals surface area (Å²) in [4.78, 5) is 0. The molecule has 0 aromatic heterocycles.